The van der Waals surface area contributed by atoms with Crippen LogP contribution in [0.2, 0.25) is 0 Å². The Kier molecular flexibility index (Phi) is 4.46. The number of hydrogen-bond donors (Lipinski definition) is 3. The average Bonchev–Trinajstić information content (AvgIpc) is 2.81. The van der Waals surface area contributed by atoms with Gasteiger partial charge in [0.2, 0.25) is 5.91 Å². The molecule has 2 rings (SSSR count). The number of fused-ring (bicyclic) bond motifs is 1. The van der Waals surface area contributed by atoms with Crippen molar-refractivity contribution in [1.82, 2.24) is 10.2 Å². The standard InChI is InChI=1S/C13H21N3O4/c14-11(17)7-9(12(18)19)15-13(20)16-6-5-8-3-1-2-4-10(8)16/h8-10H,1-7H2,(H2,14,17)(H,15,20)(H,18,19)/t8?,9-,10?/m1/s1. The molecule has 0 radical (unpaired) electrons. The van der Waals surface area contributed by atoms with Crippen molar-refractivity contribution in [3.8, 4) is 0 Å². The van der Waals surface area contributed by atoms with Crippen molar-refractivity contribution in [3.05, 3.63) is 0 Å². The van der Waals surface area contributed by atoms with Crippen LogP contribution in [-0.4, -0.2) is 46.5 Å². The molecule has 2 fully saturated rings. The van der Waals surface area contributed by atoms with Crippen molar-refractivity contribution in [2.45, 2.75) is 50.6 Å². The number of carbonyl (C=O) groups excluding carboxylic acids is 2. The Hall–Kier alpha value is -1.79. The van der Waals surface area contributed by atoms with E-state index in [1.54, 1.807) is 4.90 Å². The van der Waals surface area contributed by atoms with Gasteiger partial charge in [-0.2, -0.15) is 0 Å². The Morgan fingerprint density at radius 2 is 1.95 bits per heavy atom. The molecule has 0 aromatic rings. The van der Waals surface area contributed by atoms with Crippen LogP contribution in [0.1, 0.15) is 38.5 Å². The smallest absolute Gasteiger partial charge is 0.326 e. The molecule has 1 heterocycles. The Morgan fingerprint density at radius 3 is 2.60 bits per heavy atom. The lowest BCUT2D eigenvalue weighted by atomic mass is 9.85. The van der Waals surface area contributed by atoms with Crippen molar-refractivity contribution < 1.29 is 19.5 Å². The minimum Gasteiger partial charge on any atom is -0.480 e. The number of carboxylic acids is 1. The van der Waals surface area contributed by atoms with Crippen LogP contribution < -0.4 is 11.1 Å². The number of nitrogens with zero attached hydrogens (tertiary/aromatic N) is 1. The van der Waals surface area contributed by atoms with E-state index in [2.05, 4.69) is 5.32 Å². The molecule has 0 bridgehead atoms. The Balaban J connectivity index is 1.96. The quantitative estimate of drug-likeness (QED) is 0.688. The molecule has 2 unspecified atom stereocenters. The largest absolute Gasteiger partial charge is 0.480 e. The summed E-state index contributed by atoms with van der Waals surface area (Å²) in [5.41, 5.74) is 5.00. The highest BCUT2D eigenvalue weighted by atomic mass is 16.4. The second-order valence-corrected chi connectivity index (χ2v) is 5.60. The van der Waals surface area contributed by atoms with Gasteiger partial charge in [0, 0.05) is 12.6 Å². The normalized spacial score (nSPS) is 26.7. The Labute approximate surface area is 117 Å². The number of nitrogens with two attached hydrogens (primary N) is 1. The maximum absolute atomic E-state index is 12.2. The number of aliphatic carboxylic acids is 1. The highest BCUT2D eigenvalue weighted by molar-refractivity contribution is 5.87. The molecule has 1 saturated carbocycles. The zero-order valence-corrected chi connectivity index (χ0v) is 11.4. The summed E-state index contributed by atoms with van der Waals surface area (Å²) in [6.07, 6.45) is 5.02. The number of likely N-dealkylation sites (tertiary alicyclic amines) is 1. The average molecular weight is 283 g/mol. The molecule has 7 heteroatoms. The van der Waals surface area contributed by atoms with Gasteiger partial charge in [-0.05, 0) is 25.2 Å². The third-order valence-corrected chi connectivity index (χ3v) is 4.27. The van der Waals surface area contributed by atoms with Gasteiger partial charge in [0.15, 0.2) is 0 Å². The second-order valence-electron chi connectivity index (χ2n) is 5.60. The van der Waals surface area contributed by atoms with Gasteiger partial charge < -0.3 is 21.1 Å². The van der Waals surface area contributed by atoms with Gasteiger partial charge in [-0.3, -0.25) is 4.79 Å². The van der Waals surface area contributed by atoms with E-state index < -0.39 is 23.9 Å². The molecule has 3 amide bonds. The summed E-state index contributed by atoms with van der Waals surface area (Å²) in [5, 5.41) is 11.4. The number of hydrogen-bond acceptors (Lipinski definition) is 3. The lowest BCUT2D eigenvalue weighted by Crippen LogP contribution is -2.51. The highest BCUT2D eigenvalue weighted by Crippen LogP contribution is 2.36. The van der Waals surface area contributed by atoms with Crippen LogP contribution in [0.15, 0.2) is 0 Å². The first-order valence-electron chi connectivity index (χ1n) is 7.07. The topological polar surface area (TPSA) is 113 Å². The van der Waals surface area contributed by atoms with E-state index in [1.165, 1.54) is 6.42 Å². The van der Waals surface area contributed by atoms with E-state index in [9.17, 15) is 14.4 Å². The van der Waals surface area contributed by atoms with Crippen LogP contribution in [0.25, 0.3) is 0 Å². The highest BCUT2D eigenvalue weighted by Gasteiger charge is 2.39. The van der Waals surface area contributed by atoms with Crippen molar-refractivity contribution in [2.75, 3.05) is 6.54 Å². The molecule has 112 valence electrons. The monoisotopic (exact) mass is 283 g/mol. The lowest BCUT2D eigenvalue weighted by Gasteiger charge is -2.32. The number of rotatable bonds is 4. The summed E-state index contributed by atoms with van der Waals surface area (Å²) in [6.45, 7) is 0.657. The lowest BCUT2D eigenvalue weighted by molar-refractivity contribution is -0.141. The van der Waals surface area contributed by atoms with Gasteiger partial charge >= 0.3 is 12.0 Å². The van der Waals surface area contributed by atoms with Gasteiger partial charge in [-0.25, -0.2) is 9.59 Å². The molecule has 3 atom stereocenters. The van der Waals surface area contributed by atoms with Crippen molar-refractivity contribution in [2.24, 2.45) is 11.7 Å². The SMILES string of the molecule is NC(=O)C[C@@H](NC(=O)N1CCC2CCCCC21)C(=O)O. The predicted molar refractivity (Wildman–Crippen MR) is 70.8 cm³/mol. The zero-order chi connectivity index (χ0) is 14.7. The number of carbonyl (C=O) groups is 3. The van der Waals surface area contributed by atoms with Crippen LogP contribution in [0.3, 0.4) is 0 Å². The zero-order valence-electron chi connectivity index (χ0n) is 11.4. The number of carboxylic acid groups (broad SMARTS) is 1. The van der Waals surface area contributed by atoms with Crippen LogP contribution in [0, 0.1) is 5.92 Å². The van der Waals surface area contributed by atoms with Crippen molar-refractivity contribution in [1.29, 1.82) is 0 Å². The van der Waals surface area contributed by atoms with Gasteiger partial charge in [0.25, 0.3) is 0 Å². The molecule has 4 N–H and O–H groups in total. The fraction of sp³-hybridized carbons (Fsp3) is 0.769. The van der Waals surface area contributed by atoms with E-state index >= 15 is 0 Å². The minimum absolute atomic E-state index is 0.215. The summed E-state index contributed by atoms with van der Waals surface area (Å²) in [4.78, 5) is 35.8. The van der Waals surface area contributed by atoms with E-state index in [0.29, 0.717) is 12.5 Å². The molecular formula is C13H21N3O4. The summed E-state index contributed by atoms with van der Waals surface area (Å²) < 4.78 is 0. The van der Waals surface area contributed by atoms with E-state index in [-0.39, 0.29) is 12.5 Å². The molecular weight excluding hydrogens is 262 g/mol. The second kappa shape index (κ2) is 6.11. The Morgan fingerprint density at radius 1 is 1.25 bits per heavy atom. The summed E-state index contributed by atoms with van der Waals surface area (Å²) in [5.74, 6) is -1.44. The summed E-state index contributed by atoms with van der Waals surface area (Å²) in [7, 11) is 0. The molecule has 0 aromatic heterocycles. The third kappa shape index (κ3) is 3.20. The van der Waals surface area contributed by atoms with E-state index in [4.69, 9.17) is 10.8 Å². The first-order valence-corrected chi connectivity index (χ1v) is 7.07. The molecule has 0 spiro atoms. The van der Waals surface area contributed by atoms with Crippen LogP contribution >= 0.6 is 0 Å². The molecule has 1 saturated heterocycles. The first kappa shape index (κ1) is 14.6. The fourth-order valence-electron chi connectivity index (χ4n) is 3.29. The fourth-order valence-corrected chi connectivity index (χ4v) is 3.29. The maximum atomic E-state index is 12.2. The first-order chi connectivity index (χ1) is 9.49. The van der Waals surface area contributed by atoms with Gasteiger partial charge in [0.1, 0.15) is 6.04 Å². The van der Waals surface area contributed by atoms with Gasteiger partial charge in [-0.1, -0.05) is 12.8 Å². The molecule has 2 aliphatic rings. The van der Waals surface area contributed by atoms with Crippen LogP contribution in [0.4, 0.5) is 4.79 Å². The Bertz CT molecular complexity index is 412. The van der Waals surface area contributed by atoms with E-state index in [0.717, 1.165) is 25.7 Å². The number of nitrogens with one attached hydrogen (secondary N) is 1. The third-order valence-electron chi connectivity index (χ3n) is 4.27. The molecule has 7 nitrogen and oxygen atoms in total. The van der Waals surface area contributed by atoms with Crippen molar-refractivity contribution >= 4 is 17.9 Å². The molecule has 20 heavy (non-hydrogen) atoms. The number of urea groups is 1. The van der Waals surface area contributed by atoms with E-state index in [1.807, 2.05) is 0 Å². The van der Waals surface area contributed by atoms with Crippen LogP contribution in [-0.2, 0) is 9.59 Å². The van der Waals surface area contributed by atoms with Crippen molar-refractivity contribution in [3.63, 3.8) is 0 Å². The maximum Gasteiger partial charge on any atom is 0.326 e. The van der Waals surface area contributed by atoms with Gasteiger partial charge in [0.05, 0.1) is 6.42 Å². The predicted octanol–water partition coefficient (Wildman–Crippen LogP) is 0.289. The number of amides is 3. The minimum atomic E-state index is -1.25. The number of primary amides is 1. The molecule has 0 aromatic carbocycles. The van der Waals surface area contributed by atoms with Gasteiger partial charge in [-0.15, -0.1) is 0 Å². The summed E-state index contributed by atoms with van der Waals surface area (Å²) >= 11 is 0. The molecule has 1 aliphatic carbocycles. The van der Waals surface area contributed by atoms with Crippen LogP contribution in [0.5, 0.6) is 0 Å². The molecule has 1 aliphatic heterocycles. The summed E-state index contributed by atoms with van der Waals surface area (Å²) in [6, 6.07) is -1.43.